The zero-order valence-corrected chi connectivity index (χ0v) is 13.2. The lowest BCUT2D eigenvalue weighted by Crippen LogP contribution is -1.79. The highest BCUT2D eigenvalue weighted by molar-refractivity contribution is 5.77. The number of aromatic nitrogens is 1. The van der Waals surface area contributed by atoms with Crippen molar-refractivity contribution in [3.63, 3.8) is 0 Å². The predicted octanol–water partition coefficient (Wildman–Crippen LogP) is 5.23. The van der Waals surface area contributed by atoms with Gasteiger partial charge in [-0.15, -0.1) is 0 Å². The molecule has 0 fully saturated rings. The van der Waals surface area contributed by atoms with Crippen molar-refractivity contribution < 1.29 is 4.79 Å². The molecule has 3 aromatic rings. The number of carbonyl (C=O) groups excluding carboxylic acids is 1. The molecule has 3 rings (SSSR count). The Balaban J connectivity index is 1.66. The first-order valence-electron chi connectivity index (χ1n) is 7.75. The van der Waals surface area contributed by atoms with Gasteiger partial charge < -0.3 is 0 Å². The molecular formula is C22H17NO. The number of nitrogens with zero attached hydrogens (tertiary/aromatic N) is 1. The maximum Gasteiger partial charge on any atom is 0.150 e. The maximum atomic E-state index is 10.6. The summed E-state index contributed by atoms with van der Waals surface area (Å²) in [4.78, 5) is 14.7. The molecule has 24 heavy (non-hydrogen) atoms. The lowest BCUT2D eigenvalue weighted by Gasteiger charge is -1.98. The molecule has 0 bridgehead atoms. The Bertz CT molecular complexity index is 845. The second-order valence-corrected chi connectivity index (χ2v) is 5.40. The number of aldehydes is 1. The van der Waals surface area contributed by atoms with Gasteiger partial charge >= 0.3 is 0 Å². The van der Waals surface area contributed by atoms with Gasteiger partial charge in [0, 0.05) is 18.0 Å². The second-order valence-electron chi connectivity index (χ2n) is 5.40. The molecule has 0 aliphatic rings. The Morgan fingerprint density at radius 2 is 0.833 bits per heavy atom. The number of benzene rings is 2. The number of hydrogen-bond donors (Lipinski definition) is 0. The Kier molecular flexibility index (Phi) is 5.10. The summed E-state index contributed by atoms with van der Waals surface area (Å²) in [5.41, 5.74) is 5.18. The summed E-state index contributed by atoms with van der Waals surface area (Å²) in [5, 5.41) is 0. The SMILES string of the molecule is O=Cc1ccc(/C=C/c2ccc(/C=C/c3ccncc3)cc2)cc1. The normalized spacial score (nSPS) is 11.2. The van der Waals surface area contributed by atoms with Crippen molar-refractivity contribution in [1.82, 2.24) is 4.98 Å². The van der Waals surface area contributed by atoms with E-state index in [1.165, 1.54) is 0 Å². The van der Waals surface area contributed by atoms with E-state index in [1.54, 1.807) is 12.4 Å². The first kappa shape index (κ1) is 15.6. The molecule has 1 heterocycles. The van der Waals surface area contributed by atoms with Crippen LogP contribution in [-0.2, 0) is 0 Å². The molecule has 2 heteroatoms. The van der Waals surface area contributed by atoms with Gasteiger partial charge in [0.15, 0.2) is 0 Å². The smallest absolute Gasteiger partial charge is 0.150 e. The molecule has 0 aliphatic heterocycles. The van der Waals surface area contributed by atoms with Crippen molar-refractivity contribution in [2.75, 3.05) is 0 Å². The average Bonchev–Trinajstić information content (AvgIpc) is 2.67. The van der Waals surface area contributed by atoms with E-state index in [0.29, 0.717) is 5.56 Å². The van der Waals surface area contributed by atoms with E-state index in [9.17, 15) is 4.79 Å². The number of pyridine rings is 1. The van der Waals surface area contributed by atoms with Gasteiger partial charge in [-0.3, -0.25) is 9.78 Å². The van der Waals surface area contributed by atoms with Crippen molar-refractivity contribution in [2.45, 2.75) is 0 Å². The van der Waals surface area contributed by atoms with E-state index >= 15 is 0 Å². The molecule has 0 radical (unpaired) electrons. The third kappa shape index (κ3) is 4.37. The van der Waals surface area contributed by atoms with E-state index < -0.39 is 0 Å². The lowest BCUT2D eigenvalue weighted by molar-refractivity contribution is 0.112. The largest absolute Gasteiger partial charge is 0.298 e. The monoisotopic (exact) mass is 311 g/mol. The number of rotatable bonds is 5. The highest BCUT2D eigenvalue weighted by Gasteiger charge is 1.92. The molecule has 0 saturated carbocycles. The fourth-order valence-corrected chi connectivity index (χ4v) is 2.26. The van der Waals surface area contributed by atoms with Gasteiger partial charge in [0.25, 0.3) is 0 Å². The van der Waals surface area contributed by atoms with Crippen molar-refractivity contribution in [3.8, 4) is 0 Å². The van der Waals surface area contributed by atoms with Crippen LogP contribution in [-0.4, -0.2) is 11.3 Å². The van der Waals surface area contributed by atoms with E-state index in [1.807, 2.05) is 42.5 Å². The molecule has 0 unspecified atom stereocenters. The quantitative estimate of drug-likeness (QED) is 0.477. The van der Waals surface area contributed by atoms with Crippen LogP contribution in [0.4, 0.5) is 0 Å². The van der Waals surface area contributed by atoms with E-state index in [0.717, 1.165) is 28.5 Å². The van der Waals surface area contributed by atoms with Crippen LogP contribution in [0.5, 0.6) is 0 Å². The number of carbonyl (C=O) groups is 1. The fourth-order valence-electron chi connectivity index (χ4n) is 2.26. The van der Waals surface area contributed by atoms with Gasteiger partial charge in [-0.05, 0) is 34.4 Å². The minimum atomic E-state index is 0.692. The van der Waals surface area contributed by atoms with Gasteiger partial charge in [-0.1, -0.05) is 72.8 Å². The van der Waals surface area contributed by atoms with Crippen molar-refractivity contribution in [2.24, 2.45) is 0 Å². The van der Waals surface area contributed by atoms with E-state index in [4.69, 9.17) is 0 Å². The van der Waals surface area contributed by atoms with Crippen LogP contribution in [0.15, 0.2) is 73.1 Å². The van der Waals surface area contributed by atoms with Crippen LogP contribution >= 0.6 is 0 Å². The molecule has 0 aliphatic carbocycles. The van der Waals surface area contributed by atoms with Crippen molar-refractivity contribution in [1.29, 1.82) is 0 Å². The van der Waals surface area contributed by atoms with Gasteiger partial charge in [-0.2, -0.15) is 0 Å². The van der Waals surface area contributed by atoms with Crippen molar-refractivity contribution >= 4 is 30.6 Å². The summed E-state index contributed by atoms with van der Waals surface area (Å²) in [6.07, 6.45) is 12.7. The topological polar surface area (TPSA) is 30.0 Å². The van der Waals surface area contributed by atoms with Crippen LogP contribution in [0, 0.1) is 0 Å². The zero-order valence-electron chi connectivity index (χ0n) is 13.2. The maximum absolute atomic E-state index is 10.6. The van der Waals surface area contributed by atoms with Gasteiger partial charge in [0.1, 0.15) is 6.29 Å². The van der Waals surface area contributed by atoms with Crippen LogP contribution < -0.4 is 0 Å². The van der Waals surface area contributed by atoms with Gasteiger partial charge in [-0.25, -0.2) is 0 Å². The summed E-state index contributed by atoms with van der Waals surface area (Å²) in [5.74, 6) is 0. The molecule has 0 saturated heterocycles. The molecule has 0 N–H and O–H groups in total. The second kappa shape index (κ2) is 7.84. The summed E-state index contributed by atoms with van der Waals surface area (Å²) in [6, 6.07) is 19.8. The molecule has 0 amide bonds. The van der Waals surface area contributed by atoms with E-state index in [-0.39, 0.29) is 0 Å². The predicted molar refractivity (Wildman–Crippen MR) is 100 cm³/mol. The summed E-state index contributed by atoms with van der Waals surface area (Å²) >= 11 is 0. The zero-order chi connectivity index (χ0) is 16.6. The third-order valence-corrected chi connectivity index (χ3v) is 3.65. The molecule has 0 spiro atoms. The van der Waals surface area contributed by atoms with Gasteiger partial charge in [0.05, 0.1) is 0 Å². The van der Waals surface area contributed by atoms with Gasteiger partial charge in [0.2, 0.25) is 0 Å². The standard InChI is InChI=1S/C22H17NO/c24-17-22-11-9-20(10-12-22)6-5-18-1-3-19(4-2-18)7-8-21-13-15-23-16-14-21/h1-17H/b6-5+,8-7+. The molecular weight excluding hydrogens is 294 g/mol. The molecule has 116 valence electrons. The van der Waals surface area contributed by atoms with Crippen LogP contribution in [0.1, 0.15) is 32.6 Å². The Hall–Kier alpha value is -3.26. The number of hydrogen-bond acceptors (Lipinski definition) is 2. The highest BCUT2D eigenvalue weighted by Crippen LogP contribution is 2.12. The first-order valence-corrected chi connectivity index (χ1v) is 7.75. The minimum Gasteiger partial charge on any atom is -0.298 e. The Morgan fingerprint density at radius 3 is 1.21 bits per heavy atom. The Labute approximate surface area is 141 Å². The third-order valence-electron chi connectivity index (χ3n) is 3.65. The summed E-state index contributed by atoms with van der Waals surface area (Å²) in [6.45, 7) is 0. The molecule has 1 aromatic heterocycles. The van der Waals surface area contributed by atoms with Crippen LogP contribution in [0.25, 0.3) is 24.3 Å². The molecule has 2 nitrogen and oxygen atoms in total. The lowest BCUT2D eigenvalue weighted by atomic mass is 10.1. The van der Waals surface area contributed by atoms with Crippen LogP contribution in [0.2, 0.25) is 0 Å². The Morgan fingerprint density at radius 1 is 0.500 bits per heavy atom. The van der Waals surface area contributed by atoms with E-state index in [2.05, 4.69) is 47.5 Å². The minimum absolute atomic E-state index is 0.692. The molecule has 2 aromatic carbocycles. The molecule has 0 atom stereocenters. The van der Waals surface area contributed by atoms with Crippen molar-refractivity contribution in [3.05, 3.63) is 101 Å². The fraction of sp³-hybridized carbons (Fsp3) is 0. The average molecular weight is 311 g/mol. The summed E-state index contributed by atoms with van der Waals surface area (Å²) in [7, 11) is 0. The first-order chi connectivity index (χ1) is 11.8. The highest BCUT2D eigenvalue weighted by atomic mass is 16.1. The summed E-state index contributed by atoms with van der Waals surface area (Å²) < 4.78 is 0. The van der Waals surface area contributed by atoms with Crippen LogP contribution in [0.3, 0.4) is 0 Å².